The Balaban J connectivity index is 1.57. The molecule has 1 atom stereocenters. The molecule has 162 valence electrons. The predicted octanol–water partition coefficient (Wildman–Crippen LogP) is 3.67. The van der Waals surface area contributed by atoms with Gasteiger partial charge in [-0.15, -0.1) is 5.10 Å². The van der Waals surface area contributed by atoms with Gasteiger partial charge in [0.25, 0.3) is 5.91 Å². The molecule has 0 saturated carbocycles. The summed E-state index contributed by atoms with van der Waals surface area (Å²) in [6.45, 7) is 3.99. The number of H-pyrrole nitrogens is 1. The fraction of sp³-hybridized carbons (Fsp3) is 0.273. The van der Waals surface area contributed by atoms with E-state index in [1.807, 2.05) is 32.0 Å². The predicted molar refractivity (Wildman–Crippen MR) is 120 cm³/mol. The van der Waals surface area contributed by atoms with Crippen molar-refractivity contribution >= 4 is 29.3 Å². The highest BCUT2D eigenvalue weighted by Crippen LogP contribution is 2.22. The quantitative estimate of drug-likeness (QED) is 0.439. The summed E-state index contributed by atoms with van der Waals surface area (Å²) in [5.41, 5.74) is 1.27. The van der Waals surface area contributed by atoms with E-state index in [4.69, 9.17) is 4.74 Å². The van der Waals surface area contributed by atoms with Gasteiger partial charge < -0.3 is 15.4 Å². The molecule has 0 aliphatic heterocycles. The highest BCUT2D eigenvalue weighted by molar-refractivity contribution is 7.99. The molecule has 0 radical (unpaired) electrons. The topological polar surface area (TPSA) is 109 Å². The van der Waals surface area contributed by atoms with E-state index in [0.29, 0.717) is 22.2 Å². The third-order valence-corrected chi connectivity index (χ3v) is 5.32. The molecule has 2 amide bonds. The van der Waals surface area contributed by atoms with Crippen molar-refractivity contribution in [3.8, 4) is 5.75 Å². The van der Waals surface area contributed by atoms with Crippen molar-refractivity contribution in [1.29, 1.82) is 0 Å². The lowest BCUT2D eigenvalue weighted by atomic mass is 10.0. The molecule has 0 fully saturated rings. The molecule has 1 unspecified atom stereocenters. The third kappa shape index (κ3) is 6.32. The SMILES string of the molecule is COc1ccc(NC(=O)CSc2n[nH]c(C(NC(=O)c3ccccc3)C(C)C)n2)cc1. The number of hydrogen-bond donors (Lipinski definition) is 3. The molecule has 31 heavy (non-hydrogen) atoms. The Kier molecular flexibility index (Phi) is 7.66. The zero-order valence-corrected chi connectivity index (χ0v) is 18.4. The number of aromatic nitrogens is 3. The summed E-state index contributed by atoms with van der Waals surface area (Å²) in [4.78, 5) is 29.2. The first-order valence-electron chi connectivity index (χ1n) is 9.81. The standard InChI is InChI=1S/C22H25N5O3S/c1-14(2)19(24-21(29)15-7-5-4-6-8-15)20-25-22(27-26-20)31-13-18(28)23-16-9-11-17(30-3)12-10-16/h4-12,14,19H,13H2,1-3H3,(H,23,28)(H,24,29)(H,25,26,27). The minimum Gasteiger partial charge on any atom is -0.497 e. The largest absolute Gasteiger partial charge is 0.497 e. The Morgan fingerprint density at radius 2 is 1.81 bits per heavy atom. The number of methoxy groups -OCH3 is 1. The molecule has 0 bridgehead atoms. The monoisotopic (exact) mass is 439 g/mol. The fourth-order valence-electron chi connectivity index (χ4n) is 2.83. The van der Waals surface area contributed by atoms with Gasteiger partial charge in [0.2, 0.25) is 11.1 Å². The maximum atomic E-state index is 12.5. The summed E-state index contributed by atoms with van der Waals surface area (Å²) < 4.78 is 5.10. The van der Waals surface area contributed by atoms with Crippen LogP contribution < -0.4 is 15.4 Å². The van der Waals surface area contributed by atoms with Crippen LogP contribution in [0.3, 0.4) is 0 Å². The summed E-state index contributed by atoms with van der Waals surface area (Å²) in [7, 11) is 1.59. The summed E-state index contributed by atoms with van der Waals surface area (Å²) in [5, 5.41) is 13.3. The molecule has 1 aromatic heterocycles. The number of anilines is 1. The Hall–Kier alpha value is -3.33. The number of hydrogen-bond acceptors (Lipinski definition) is 6. The zero-order valence-electron chi connectivity index (χ0n) is 17.6. The van der Waals surface area contributed by atoms with Crippen LogP contribution in [0.4, 0.5) is 5.69 Å². The first-order valence-corrected chi connectivity index (χ1v) is 10.8. The van der Waals surface area contributed by atoms with Gasteiger partial charge in [-0.2, -0.15) is 0 Å². The number of benzene rings is 2. The molecule has 8 nitrogen and oxygen atoms in total. The van der Waals surface area contributed by atoms with Crippen molar-refractivity contribution < 1.29 is 14.3 Å². The van der Waals surface area contributed by atoms with Crippen LogP contribution in [0.15, 0.2) is 59.8 Å². The Labute approximate surface area is 185 Å². The van der Waals surface area contributed by atoms with Crippen molar-refractivity contribution in [2.45, 2.75) is 25.0 Å². The molecule has 2 aromatic carbocycles. The van der Waals surface area contributed by atoms with Gasteiger partial charge in [-0.05, 0) is 42.3 Å². The number of ether oxygens (including phenoxy) is 1. The summed E-state index contributed by atoms with van der Waals surface area (Å²) in [6.07, 6.45) is 0. The molecular formula is C22H25N5O3S. The summed E-state index contributed by atoms with van der Waals surface area (Å²) in [5.74, 6) is 1.18. The summed E-state index contributed by atoms with van der Waals surface area (Å²) >= 11 is 1.22. The van der Waals surface area contributed by atoms with E-state index in [9.17, 15) is 9.59 Å². The highest BCUT2D eigenvalue weighted by atomic mass is 32.2. The molecule has 9 heteroatoms. The Bertz CT molecular complexity index is 1010. The van der Waals surface area contributed by atoms with Crippen LogP contribution in [0, 0.1) is 5.92 Å². The fourth-order valence-corrected chi connectivity index (χ4v) is 3.43. The highest BCUT2D eigenvalue weighted by Gasteiger charge is 2.23. The van der Waals surface area contributed by atoms with Crippen molar-refractivity contribution in [3.05, 3.63) is 66.0 Å². The van der Waals surface area contributed by atoms with Gasteiger partial charge in [-0.25, -0.2) is 4.98 Å². The van der Waals surface area contributed by atoms with Crippen LogP contribution in [-0.4, -0.2) is 39.9 Å². The number of thioether (sulfide) groups is 1. The molecule has 3 rings (SSSR count). The summed E-state index contributed by atoms with van der Waals surface area (Å²) in [6, 6.07) is 15.8. The number of nitrogens with one attached hydrogen (secondary N) is 3. The molecule has 3 aromatic rings. The van der Waals surface area contributed by atoms with Crippen molar-refractivity contribution in [3.63, 3.8) is 0 Å². The smallest absolute Gasteiger partial charge is 0.251 e. The average Bonchev–Trinajstić information content (AvgIpc) is 3.25. The second kappa shape index (κ2) is 10.6. The van der Waals surface area contributed by atoms with Gasteiger partial charge in [0, 0.05) is 11.3 Å². The van der Waals surface area contributed by atoms with Gasteiger partial charge in [0.1, 0.15) is 11.6 Å². The Morgan fingerprint density at radius 3 is 2.45 bits per heavy atom. The van der Waals surface area contributed by atoms with Gasteiger partial charge in [0.15, 0.2) is 0 Å². The van der Waals surface area contributed by atoms with E-state index in [0.717, 1.165) is 5.75 Å². The van der Waals surface area contributed by atoms with E-state index < -0.39 is 0 Å². The minimum absolute atomic E-state index is 0.0943. The second-order valence-electron chi connectivity index (χ2n) is 7.13. The lowest BCUT2D eigenvalue weighted by molar-refractivity contribution is -0.113. The number of carbonyl (C=O) groups is 2. The maximum Gasteiger partial charge on any atom is 0.251 e. The minimum atomic E-state index is -0.331. The van der Waals surface area contributed by atoms with Crippen LogP contribution in [0.5, 0.6) is 5.75 Å². The van der Waals surface area contributed by atoms with Crippen LogP contribution >= 0.6 is 11.8 Å². The molecule has 3 N–H and O–H groups in total. The first-order chi connectivity index (χ1) is 15.0. The van der Waals surface area contributed by atoms with Crippen molar-refractivity contribution in [1.82, 2.24) is 20.5 Å². The van der Waals surface area contributed by atoms with Gasteiger partial charge in [0.05, 0.1) is 18.9 Å². The Morgan fingerprint density at radius 1 is 1.10 bits per heavy atom. The van der Waals surface area contributed by atoms with Crippen molar-refractivity contribution in [2.24, 2.45) is 5.92 Å². The van der Waals surface area contributed by atoms with E-state index in [1.165, 1.54) is 11.8 Å². The van der Waals surface area contributed by atoms with Gasteiger partial charge >= 0.3 is 0 Å². The molecule has 0 aliphatic rings. The zero-order chi connectivity index (χ0) is 22.2. The van der Waals surface area contributed by atoms with E-state index in [1.54, 1.807) is 43.5 Å². The maximum absolute atomic E-state index is 12.5. The molecule has 1 heterocycles. The van der Waals surface area contributed by atoms with E-state index in [2.05, 4.69) is 25.8 Å². The number of amides is 2. The van der Waals surface area contributed by atoms with Crippen LogP contribution in [0.1, 0.15) is 36.1 Å². The van der Waals surface area contributed by atoms with Crippen LogP contribution in [-0.2, 0) is 4.79 Å². The third-order valence-electron chi connectivity index (χ3n) is 4.47. The normalized spacial score (nSPS) is 11.7. The lowest BCUT2D eigenvalue weighted by Crippen LogP contribution is -2.32. The number of aromatic amines is 1. The van der Waals surface area contributed by atoms with E-state index >= 15 is 0 Å². The molecular weight excluding hydrogens is 414 g/mol. The average molecular weight is 440 g/mol. The number of nitrogens with zero attached hydrogens (tertiary/aromatic N) is 2. The second-order valence-corrected chi connectivity index (χ2v) is 8.07. The molecule has 0 aliphatic carbocycles. The first kappa shape index (κ1) is 22.4. The van der Waals surface area contributed by atoms with Crippen LogP contribution in [0.25, 0.3) is 0 Å². The van der Waals surface area contributed by atoms with Gasteiger partial charge in [-0.1, -0.05) is 43.8 Å². The molecule has 0 spiro atoms. The lowest BCUT2D eigenvalue weighted by Gasteiger charge is -2.19. The number of rotatable bonds is 9. The number of carbonyl (C=O) groups excluding carboxylic acids is 2. The van der Waals surface area contributed by atoms with Gasteiger partial charge in [-0.3, -0.25) is 14.7 Å². The van der Waals surface area contributed by atoms with Crippen molar-refractivity contribution in [2.75, 3.05) is 18.2 Å². The van der Waals surface area contributed by atoms with Crippen LogP contribution in [0.2, 0.25) is 0 Å². The van der Waals surface area contributed by atoms with E-state index in [-0.39, 0.29) is 29.5 Å². The molecule has 0 saturated heterocycles.